The maximum absolute atomic E-state index is 16.3. The molecule has 0 bridgehead atoms. The van der Waals surface area contributed by atoms with Crippen LogP contribution in [0.15, 0.2) is 96.7 Å². The van der Waals surface area contributed by atoms with Gasteiger partial charge in [0.1, 0.15) is 11.5 Å². The van der Waals surface area contributed by atoms with Gasteiger partial charge in [-0.15, -0.1) is 11.3 Å². The molecule has 1 unspecified atom stereocenters. The molecule has 0 saturated carbocycles. The molecule has 0 aliphatic carbocycles. The summed E-state index contributed by atoms with van der Waals surface area (Å²) in [6.07, 6.45) is 11.7. The molecule has 3 heterocycles. The summed E-state index contributed by atoms with van der Waals surface area (Å²) in [5.41, 5.74) is 5.31. The molecule has 0 amide bonds. The van der Waals surface area contributed by atoms with Crippen molar-refractivity contribution >= 4 is 28.8 Å². The van der Waals surface area contributed by atoms with E-state index in [1.165, 1.54) is 0 Å². The lowest BCUT2D eigenvalue weighted by Gasteiger charge is -2.16. The molecular weight excluding hydrogens is 517 g/mol. The largest absolute Gasteiger partial charge is 0.359 e. The molecule has 208 valence electrons. The minimum absolute atomic E-state index is 0.220. The molecule has 40 heavy (non-hydrogen) atoms. The zero-order chi connectivity index (χ0) is 29.4. The van der Waals surface area contributed by atoms with E-state index in [1.807, 2.05) is 56.5 Å². The summed E-state index contributed by atoms with van der Waals surface area (Å²) in [6.45, 7) is 25.8. The molecule has 0 saturated heterocycles. The highest BCUT2D eigenvalue weighted by molar-refractivity contribution is 7.11. The van der Waals surface area contributed by atoms with Crippen LogP contribution in [0.25, 0.3) is 29.0 Å². The van der Waals surface area contributed by atoms with E-state index in [-0.39, 0.29) is 11.5 Å². The number of rotatable bonds is 12. The lowest BCUT2D eigenvalue weighted by molar-refractivity contribution is 0.619. The Morgan fingerprint density at radius 3 is 2.58 bits per heavy atom. The van der Waals surface area contributed by atoms with E-state index in [1.54, 1.807) is 29.6 Å². The Morgan fingerprint density at radius 1 is 1.25 bits per heavy atom. The highest BCUT2D eigenvalue weighted by atomic mass is 32.1. The average Bonchev–Trinajstić information content (AvgIpc) is 3.72. The van der Waals surface area contributed by atoms with Gasteiger partial charge in [0.05, 0.1) is 16.3 Å². The average molecular weight is 556 g/mol. The van der Waals surface area contributed by atoms with Gasteiger partial charge < -0.3 is 10.3 Å². The number of aromatic nitrogens is 4. The van der Waals surface area contributed by atoms with Crippen molar-refractivity contribution in [3.63, 3.8) is 0 Å². The lowest BCUT2D eigenvalue weighted by atomic mass is 10.0. The molecule has 7 heteroatoms. The van der Waals surface area contributed by atoms with Crippen molar-refractivity contribution in [2.75, 3.05) is 0 Å². The van der Waals surface area contributed by atoms with Crippen LogP contribution in [-0.2, 0) is 0 Å². The van der Waals surface area contributed by atoms with Crippen molar-refractivity contribution in [1.29, 1.82) is 0 Å². The quantitative estimate of drug-likeness (QED) is 0.204. The molecule has 3 aromatic heterocycles. The maximum Gasteiger partial charge on any atom is 0.159 e. The number of halogens is 1. The summed E-state index contributed by atoms with van der Waals surface area (Å²) in [5, 5.41) is 13.5. The van der Waals surface area contributed by atoms with Gasteiger partial charge in [0.2, 0.25) is 0 Å². The van der Waals surface area contributed by atoms with Crippen molar-refractivity contribution in [1.82, 2.24) is 25.5 Å². The number of H-pyrrole nitrogens is 2. The molecule has 0 aromatic carbocycles. The van der Waals surface area contributed by atoms with Crippen LogP contribution in [0, 0.1) is 12.8 Å². The van der Waals surface area contributed by atoms with Crippen LogP contribution in [0.2, 0.25) is 0 Å². The van der Waals surface area contributed by atoms with Crippen LogP contribution in [0.3, 0.4) is 0 Å². The van der Waals surface area contributed by atoms with Crippen LogP contribution in [-0.4, -0.2) is 20.2 Å². The summed E-state index contributed by atoms with van der Waals surface area (Å²) < 4.78 is 16.3. The first-order valence-corrected chi connectivity index (χ1v) is 14.1. The first-order chi connectivity index (χ1) is 19.2. The third kappa shape index (κ3) is 6.49. The maximum atomic E-state index is 16.3. The number of imidazole rings is 1. The zero-order valence-electron chi connectivity index (χ0n) is 24.0. The monoisotopic (exact) mass is 555 g/mol. The molecule has 1 atom stereocenters. The fourth-order valence-corrected chi connectivity index (χ4v) is 4.86. The van der Waals surface area contributed by atoms with E-state index >= 15 is 4.39 Å². The second-order valence-corrected chi connectivity index (χ2v) is 10.2. The third-order valence-corrected chi connectivity index (χ3v) is 7.61. The van der Waals surface area contributed by atoms with Gasteiger partial charge >= 0.3 is 0 Å². The second kappa shape index (κ2) is 13.7. The number of nitrogens with one attached hydrogen (secondary N) is 3. The number of thiophene rings is 1. The van der Waals surface area contributed by atoms with Gasteiger partial charge in [-0.05, 0) is 62.3 Å². The Hall–Kier alpha value is -4.23. The fourth-order valence-electron chi connectivity index (χ4n) is 4.11. The smallest absolute Gasteiger partial charge is 0.159 e. The molecule has 0 fully saturated rings. The van der Waals surface area contributed by atoms with Gasteiger partial charge in [0.25, 0.3) is 0 Å². The van der Waals surface area contributed by atoms with Crippen molar-refractivity contribution in [2.45, 2.75) is 41.0 Å². The minimum Gasteiger partial charge on any atom is -0.359 e. The van der Waals surface area contributed by atoms with Crippen LogP contribution in [0.4, 0.5) is 4.39 Å². The number of aryl methyl sites for hydroxylation is 1. The molecule has 0 radical (unpaired) electrons. The number of nitrogens with zero attached hydrogens (tertiary/aromatic N) is 2. The standard InChI is InChI=1S/C33H38FN5S/c1-10-16-26(28-17-15-18-40-28)31-23(9)36-33(37-31)32-29(27(14-5)38-39-32)30(34)21(7)24(12-3)19-25(13-4)35-22(8)20(6)11-2/h10,12-20,35,38H,1,4,7-8,11H2,2-3,5-6,9H3,(H,36,37)/b24-12+,25-19+,26-16-,27-14+,30-29-. The van der Waals surface area contributed by atoms with Crippen LogP contribution in [0.1, 0.15) is 50.4 Å². The van der Waals surface area contributed by atoms with E-state index in [2.05, 4.69) is 60.7 Å². The Labute approximate surface area is 240 Å². The van der Waals surface area contributed by atoms with Crippen molar-refractivity contribution in [2.24, 2.45) is 5.92 Å². The van der Waals surface area contributed by atoms with Crippen molar-refractivity contribution < 1.29 is 4.39 Å². The summed E-state index contributed by atoms with van der Waals surface area (Å²) in [5.74, 6) is 0.238. The van der Waals surface area contributed by atoms with Gasteiger partial charge in [0, 0.05) is 33.1 Å². The van der Waals surface area contributed by atoms with E-state index in [9.17, 15) is 0 Å². The van der Waals surface area contributed by atoms with Crippen LogP contribution in [0.5, 0.6) is 0 Å². The van der Waals surface area contributed by atoms with Gasteiger partial charge in [-0.2, -0.15) is 5.10 Å². The summed E-state index contributed by atoms with van der Waals surface area (Å²) in [6, 6.07) is 4.03. The van der Waals surface area contributed by atoms with E-state index in [4.69, 9.17) is 4.98 Å². The van der Waals surface area contributed by atoms with Gasteiger partial charge in [-0.25, -0.2) is 9.37 Å². The third-order valence-electron chi connectivity index (χ3n) is 6.71. The SMILES string of the molecule is C=C/C=C(/c1cccs1)c1nc(-c2n[nH]c(=C/C)/c2=C(/F)C(=C)C(/C=C(\C=C)NC(=C)C(C)CC)=C/C)[nH]c1C. The highest BCUT2D eigenvalue weighted by Crippen LogP contribution is 2.30. The highest BCUT2D eigenvalue weighted by Gasteiger charge is 2.20. The first-order valence-electron chi connectivity index (χ1n) is 13.2. The van der Waals surface area contributed by atoms with Crippen LogP contribution >= 0.6 is 11.3 Å². The summed E-state index contributed by atoms with van der Waals surface area (Å²) in [7, 11) is 0. The van der Waals surface area contributed by atoms with E-state index in [0.29, 0.717) is 33.4 Å². The molecule has 3 aromatic rings. The zero-order valence-corrected chi connectivity index (χ0v) is 24.8. The number of allylic oxidation sites excluding steroid dienone is 8. The minimum atomic E-state index is -0.499. The van der Waals surface area contributed by atoms with Crippen molar-refractivity contribution in [3.8, 4) is 11.5 Å². The molecule has 0 aliphatic heterocycles. The number of hydrogen-bond donors (Lipinski definition) is 3. The summed E-state index contributed by atoms with van der Waals surface area (Å²) in [4.78, 5) is 9.23. The van der Waals surface area contributed by atoms with Crippen LogP contribution < -0.4 is 15.9 Å². The predicted octanol–water partition coefficient (Wildman–Crippen LogP) is 7.39. The first kappa shape index (κ1) is 30.3. The van der Waals surface area contributed by atoms with E-state index in [0.717, 1.165) is 34.0 Å². The molecule has 5 nitrogen and oxygen atoms in total. The Kier molecular flexibility index (Phi) is 10.4. The summed E-state index contributed by atoms with van der Waals surface area (Å²) >= 11 is 1.62. The topological polar surface area (TPSA) is 69.4 Å². The van der Waals surface area contributed by atoms with Gasteiger partial charge in [-0.3, -0.25) is 5.10 Å². The van der Waals surface area contributed by atoms with Gasteiger partial charge in [0.15, 0.2) is 5.82 Å². The number of hydrogen-bond acceptors (Lipinski definition) is 4. The fraction of sp³-hybridized carbons (Fsp3) is 0.212. The number of aromatic amines is 2. The molecule has 0 aliphatic rings. The van der Waals surface area contributed by atoms with E-state index < -0.39 is 5.83 Å². The molecular formula is C33H38FN5S. The Morgan fingerprint density at radius 2 is 2.00 bits per heavy atom. The predicted molar refractivity (Wildman–Crippen MR) is 169 cm³/mol. The second-order valence-electron chi connectivity index (χ2n) is 9.30. The Balaban J connectivity index is 2.12. The molecule has 0 spiro atoms. The Bertz CT molecular complexity index is 1620. The lowest BCUT2D eigenvalue weighted by Crippen LogP contribution is -2.26. The molecule has 3 rings (SSSR count). The van der Waals surface area contributed by atoms with Crippen molar-refractivity contribution in [3.05, 3.63) is 124 Å². The van der Waals surface area contributed by atoms with Gasteiger partial charge in [-0.1, -0.05) is 70.5 Å². The normalized spacial score (nSPS) is 14.7. The molecule has 3 N–H and O–H groups in total.